The number of nitrogen functional groups attached to an aromatic ring is 1. The zero-order valence-corrected chi connectivity index (χ0v) is 12.3. The molecule has 0 aliphatic rings. The van der Waals surface area contributed by atoms with Crippen LogP contribution < -0.4 is 15.8 Å². The molecule has 0 amide bonds. The molecule has 0 fully saturated rings. The van der Waals surface area contributed by atoms with Crippen molar-refractivity contribution in [3.8, 4) is 0 Å². The van der Waals surface area contributed by atoms with E-state index >= 15 is 0 Å². The van der Waals surface area contributed by atoms with Crippen molar-refractivity contribution in [2.75, 3.05) is 37.0 Å². The lowest BCUT2D eigenvalue weighted by atomic mass is 10.1. The molecule has 0 saturated carbocycles. The van der Waals surface area contributed by atoms with Gasteiger partial charge < -0.3 is 15.8 Å². The average Bonchev–Trinajstić information content (AvgIpc) is 2.39. The third-order valence-electron chi connectivity index (χ3n) is 2.56. The van der Waals surface area contributed by atoms with E-state index in [2.05, 4.69) is 14.8 Å². The molecular formula is C12H19N3O4S. The Hall–Kier alpha value is -1.80. The third-order valence-corrected chi connectivity index (χ3v) is 4.03. The van der Waals surface area contributed by atoms with E-state index < -0.39 is 16.0 Å². The number of nitrogens with two attached hydrogens (primary N) is 1. The molecule has 20 heavy (non-hydrogen) atoms. The highest BCUT2D eigenvalue weighted by Gasteiger charge is 2.13. The summed E-state index contributed by atoms with van der Waals surface area (Å²) in [5.74, 6) is -0.616. The SMILES string of the molecule is CCNS(=O)(=O)CCNc1cccc(C(=O)OC)c1N. The number of hydrogen-bond donors (Lipinski definition) is 3. The van der Waals surface area contributed by atoms with Crippen LogP contribution in [0.1, 0.15) is 17.3 Å². The Kier molecular flexibility index (Phi) is 5.78. The number of methoxy groups -OCH3 is 1. The van der Waals surface area contributed by atoms with Crippen molar-refractivity contribution in [3.05, 3.63) is 23.8 Å². The molecule has 8 heteroatoms. The maximum absolute atomic E-state index is 11.5. The van der Waals surface area contributed by atoms with Crippen molar-refractivity contribution < 1.29 is 17.9 Å². The van der Waals surface area contributed by atoms with Gasteiger partial charge in [0.05, 0.1) is 29.8 Å². The lowest BCUT2D eigenvalue weighted by Gasteiger charge is -2.12. The minimum absolute atomic E-state index is 0.0806. The second-order valence-corrected chi connectivity index (χ2v) is 5.93. The van der Waals surface area contributed by atoms with Crippen LogP contribution in [0.15, 0.2) is 18.2 Å². The lowest BCUT2D eigenvalue weighted by Crippen LogP contribution is -2.29. The monoisotopic (exact) mass is 301 g/mol. The lowest BCUT2D eigenvalue weighted by molar-refractivity contribution is 0.0602. The Balaban J connectivity index is 2.72. The maximum atomic E-state index is 11.5. The first-order chi connectivity index (χ1) is 9.41. The van der Waals surface area contributed by atoms with Crippen LogP contribution in [0.2, 0.25) is 0 Å². The van der Waals surface area contributed by atoms with Crippen LogP contribution in [-0.4, -0.2) is 40.3 Å². The number of esters is 1. The van der Waals surface area contributed by atoms with Gasteiger partial charge in [-0.2, -0.15) is 0 Å². The summed E-state index contributed by atoms with van der Waals surface area (Å²) in [4.78, 5) is 11.5. The molecule has 0 heterocycles. The van der Waals surface area contributed by atoms with Crippen LogP contribution in [0.3, 0.4) is 0 Å². The van der Waals surface area contributed by atoms with Gasteiger partial charge in [-0.05, 0) is 12.1 Å². The second-order valence-electron chi connectivity index (χ2n) is 4.00. The highest BCUT2D eigenvalue weighted by atomic mass is 32.2. The Morgan fingerprint density at radius 3 is 2.70 bits per heavy atom. The van der Waals surface area contributed by atoms with Gasteiger partial charge in [0.25, 0.3) is 0 Å². The zero-order chi connectivity index (χ0) is 15.2. The van der Waals surface area contributed by atoms with Crippen molar-refractivity contribution >= 4 is 27.4 Å². The van der Waals surface area contributed by atoms with Crippen LogP contribution in [0.4, 0.5) is 11.4 Å². The fourth-order valence-electron chi connectivity index (χ4n) is 1.62. The smallest absolute Gasteiger partial charge is 0.340 e. The zero-order valence-electron chi connectivity index (χ0n) is 11.5. The van der Waals surface area contributed by atoms with E-state index in [-0.39, 0.29) is 23.5 Å². The molecule has 4 N–H and O–H groups in total. The van der Waals surface area contributed by atoms with Crippen molar-refractivity contribution in [1.82, 2.24) is 4.72 Å². The Morgan fingerprint density at radius 2 is 2.10 bits per heavy atom. The van der Waals surface area contributed by atoms with Crippen LogP contribution in [-0.2, 0) is 14.8 Å². The molecule has 0 radical (unpaired) electrons. The van der Waals surface area contributed by atoms with Gasteiger partial charge in [0.2, 0.25) is 10.0 Å². The second kappa shape index (κ2) is 7.11. The predicted octanol–water partition coefficient (Wildman–Crippen LogP) is 0.407. The molecule has 0 unspecified atom stereocenters. The molecule has 112 valence electrons. The minimum atomic E-state index is -3.29. The van der Waals surface area contributed by atoms with E-state index in [9.17, 15) is 13.2 Å². The Labute approximate surface area is 118 Å². The van der Waals surface area contributed by atoms with E-state index in [4.69, 9.17) is 5.73 Å². The van der Waals surface area contributed by atoms with Crippen molar-refractivity contribution in [2.45, 2.75) is 6.92 Å². The maximum Gasteiger partial charge on any atom is 0.340 e. The summed E-state index contributed by atoms with van der Waals surface area (Å²) < 4.78 is 29.9. The number of carbonyl (C=O) groups is 1. The highest BCUT2D eigenvalue weighted by Crippen LogP contribution is 2.23. The van der Waals surface area contributed by atoms with Crippen LogP contribution in [0.5, 0.6) is 0 Å². The van der Waals surface area contributed by atoms with Gasteiger partial charge in [-0.15, -0.1) is 0 Å². The van der Waals surface area contributed by atoms with Gasteiger partial charge in [-0.1, -0.05) is 13.0 Å². The van der Waals surface area contributed by atoms with Crippen LogP contribution in [0.25, 0.3) is 0 Å². The molecule has 1 aromatic carbocycles. The number of ether oxygens (including phenoxy) is 1. The van der Waals surface area contributed by atoms with E-state index in [0.29, 0.717) is 12.2 Å². The number of para-hydroxylation sites is 1. The first kappa shape index (κ1) is 16.3. The fourth-order valence-corrected chi connectivity index (χ4v) is 2.57. The average molecular weight is 301 g/mol. The molecule has 0 aliphatic heterocycles. The first-order valence-electron chi connectivity index (χ1n) is 6.09. The number of nitrogens with one attached hydrogen (secondary N) is 2. The van der Waals surface area contributed by atoms with E-state index in [1.807, 2.05) is 0 Å². The van der Waals surface area contributed by atoms with Crippen LogP contribution >= 0.6 is 0 Å². The highest BCUT2D eigenvalue weighted by molar-refractivity contribution is 7.89. The van der Waals surface area contributed by atoms with Crippen molar-refractivity contribution in [2.24, 2.45) is 0 Å². The molecule has 0 spiro atoms. The summed E-state index contributed by atoms with van der Waals surface area (Å²) >= 11 is 0. The molecule has 0 bridgehead atoms. The number of anilines is 2. The van der Waals surface area contributed by atoms with Gasteiger partial charge >= 0.3 is 5.97 Å². The van der Waals surface area contributed by atoms with Gasteiger partial charge in [0.1, 0.15) is 0 Å². The summed E-state index contributed by atoms with van der Waals surface area (Å²) in [6, 6.07) is 4.85. The molecular weight excluding hydrogens is 282 g/mol. The predicted molar refractivity (Wildman–Crippen MR) is 78.1 cm³/mol. The van der Waals surface area contributed by atoms with Crippen molar-refractivity contribution in [1.29, 1.82) is 0 Å². The summed E-state index contributed by atoms with van der Waals surface area (Å²) in [5.41, 5.74) is 6.82. The van der Waals surface area contributed by atoms with Gasteiger partial charge in [0, 0.05) is 13.1 Å². The summed E-state index contributed by atoms with van der Waals surface area (Å²) in [5, 5.41) is 2.89. The summed E-state index contributed by atoms with van der Waals surface area (Å²) in [6.45, 7) is 2.25. The van der Waals surface area contributed by atoms with E-state index in [1.165, 1.54) is 7.11 Å². The largest absolute Gasteiger partial charge is 0.465 e. The van der Waals surface area contributed by atoms with Gasteiger partial charge in [-0.25, -0.2) is 17.9 Å². The first-order valence-corrected chi connectivity index (χ1v) is 7.74. The topological polar surface area (TPSA) is 111 Å². The summed E-state index contributed by atoms with van der Waals surface area (Å²) in [6.07, 6.45) is 0. The number of hydrogen-bond acceptors (Lipinski definition) is 6. The minimum Gasteiger partial charge on any atom is -0.465 e. The molecule has 0 aliphatic carbocycles. The van der Waals surface area contributed by atoms with E-state index in [0.717, 1.165) is 0 Å². The van der Waals surface area contributed by atoms with Crippen LogP contribution in [0, 0.1) is 0 Å². The number of sulfonamides is 1. The molecule has 1 rings (SSSR count). The summed E-state index contributed by atoms with van der Waals surface area (Å²) in [7, 11) is -2.02. The standard InChI is InChI=1S/C12H19N3O4S/c1-3-15-20(17,18)8-7-14-10-6-4-5-9(11(10)13)12(16)19-2/h4-6,14-15H,3,7-8,13H2,1-2H3. The van der Waals surface area contributed by atoms with Gasteiger partial charge in [-0.3, -0.25) is 0 Å². The molecule has 0 saturated heterocycles. The fraction of sp³-hybridized carbons (Fsp3) is 0.417. The van der Waals surface area contributed by atoms with Crippen molar-refractivity contribution in [3.63, 3.8) is 0 Å². The molecule has 1 aromatic rings. The van der Waals surface area contributed by atoms with E-state index in [1.54, 1.807) is 25.1 Å². The Bertz CT molecular complexity index is 572. The quantitative estimate of drug-likeness (QED) is 0.497. The van der Waals surface area contributed by atoms with Gasteiger partial charge in [0.15, 0.2) is 0 Å². The molecule has 0 atom stereocenters. The Morgan fingerprint density at radius 1 is 1.40 bits per heavy atom. The third kappa shape index (κ3) is 4.39. The normalized spacial score (nSPS) is 11.1. The molecule has 0 aromatic heterocycles. The number of rotatable bonds is 7. The molecule has 7 nitrogen and oxygen atoms in total. The number of carbonyl (C=O) groups excluding carboxylic acids is 1. The number of benzene rings is 1.